The van der Waals surface area contributed by atoms with Gasteiger partial charge in [0.15, 0.2) is 11.6 Å². The Labute approximate surface area is 123 Å². The lowest BCUT2D eigenvalue weighted by atomic mass is 9.98. The second-order valence-corrected chi connectivity index (χ2v) is 4.98. The first-order valence-electron chi connectivity index (χ1n) is 5.82. The van der Waals surface area contributed by atoms with Gasteiger partial charge in [0.05, 0.1) is 13.2 Å². The number of methoxy groups -OCH3 is 1. The van der Waals surface area contributed by atoms with Gasteiger partial charge in [-0.3, -0.25) is 5.84 Å². The normalized spacial score (nSPS) is 12.2. The van der Waals surface area contributed by atoms with E-state index in [1.54, 1.807) is 18.2 Å². The highest BCUT2D eigenvalue weighted by Gasteiger charge is 2.21. The molecule has 0 amide bonds. The summed E-state index contributed by atoms with van der Waals surface area (Å²) in [5, 5.41) is 0. The lowest BCUT2D eigenvalue weighted by molar-refractivity contribution is 0.413. The third kappa shape index (κ3) is 2.82. The predicted molar refractivity (Wildman–Crippen MR) is 76.2 cm³/mol. The summed E-state index contributed by atoms with van der Waals surface area (Å²) in [6, 6.07) is 8.50. The Kier molecular flexibility index (Phi) is 4.69. The van der Waals surface area contributed by atoms with Crippen LogP contribution in [0.2, 0.25) is 0 Å². The highest BCUT2D eigenvalue weighted by molar-refractivity contribution is 9.10. The Morgan fingerprint density at radius 3 is 2.60 bits per heavy atom. The first-order chi connectivity index (χ1) is 9.58. The van der Waals surface area contributed by atoms with E-state index in [1.165, 1.54) is 19.2 Å². The Hall–Kier alpha value is -1.50. The molecule has 106 valence electrons. The van der Waals surface area contributed by atoms with E-state index in [0.717, 1.165) is 6.07 Å². The second kappa shape index (κ2) is 6.30. The molecule has 20 heavy (non-hydrogen) atoms. The fourth-order valence-electron chi connectivity index (χ4n) is 1.96. The molecule has 0 aliphatic carbocycles. The molecule has 0 bridgehead atoms. The van der Waals surface area contributed by atoms with Crippen molar-refractivity contribution in [2.45, 2.75) is 6.04 Å². The van der Waals surface area contributed by atoms with Crippen LogP contribution < -0.4 is 16.0 Å². The van der Waals surface area contributed by atoms with Crippen LogP contribution in [0.4, 0.5) is 8.78 Å². The van der Waals surface area contributed by atoms with Crippen LogP contribution in [-0.4, -0.2) is 7.11 Å². The molecule has 3 nitrogen and oxygen atoms in total. The first-order valence-corrected chi connectivity index (χ1v) is 6.61. The summed E-state index contributed by atoms with van der Waals surface area (Å²) in [5.41, 5.74) is 3.28. The molecule has 0 radical (unpaired) electrons. The van der Waals surface area contributed by atoms with Crippen LogP contribution in [0.25, 0.3) is 0 Å². The van der Waals surface area contributed by atoms with Crippen LogP contribution in [0.15, 0.2) is 40.9 Å². The van der Waals surface area contributed by atoms with Crippen molar-refractivity contribution >= 4 is 15.9 Å². The minimum atomic E-state index is -0.926. The monoisotopic (exact) mass is 342 g/mol. The Morgan fingerprint density at radius 1 is 1.20 bits per heavy atom. The van der Waals surface area contributed by atoms with E-state index in [9.17, 15) is 8.78 Å². The van der Waals surface area contributed by atoms with Gasteiger partial charge < -0.3 is 4.74 Å². The van der Waals surface area contributed by atoms with Crippen molar-refractivity contribution in [3.05, 3.63) is 63.6 Å². The van der Waals surface area contributed by atoms with Gasteiger partial charge in [-0.25, -0.2) is 14.2 Å². The number of hydrazine groups is 1. The maximum absolute atomic E-state index is 13.9. The van der Waals surface area contributed by atoms with E-state index in [1.807, 2.05) is 0 Å². The summed E-state index contributed by atoms with van der Waals surface area (Å²) < 4.78 is 33.1. The third-order valence-electron chi connectivity index (χ3n) is 2.97. The van der Waals surface area contributed by atoms with Crippen molar-refractivity contribution in [1.29, 1.82) is 0 Å². The number of rotatable bonds is 4. The van der Waals surface area contributed by atoms with E-state index in [4.69, 9.17) is 10.6 Å². The van der Waals surface area contributed by atoms with Crippen molar-refractivity contribution in [3.8, 4) is 5.75 Å². The summed E-state index contributed by atoms with van der Waals surface area (Å²) in [6.07, 6.45) is 0. The number of halogens is 3. The Bertz CT molecular complexity index is 622. The molecule has 6 heteroatoms. The number of hydrogen-bond acceptors (Lipinski definition) is 3. The van der Waals surface area contributed by atoms with Crippen molar-refractivity contribution in [2.75, 3.05) is 7.11 Å². The molecular formula is C14H13BrF2N2O. The fraction of sp³-hybridized carbons (Fsp3) is 0.143. The molecule has 2 aromatic rings. The van der Waals surface area contributed by atoms with Crippen LogP contribution in [0.3, 0.4) is 0 Å². The number of benzene rings is 2. The van der Waals surface area contributed by atoms with Gasteiger partial charge in [0.25, 0.3) is 0 Å². The molecule has 0 saturated carbocycles. The highest BCUT2D eigenvalue weighted by Crippen LogP contribution is 2.32. The average molecular weight is 343 g/mol. The first kappa shape index (κ1) is 14.9. The van der Waals surface area contributed by atoms with Crippen LogP contribution >= 0.6 is 15.9 Å². The maximum atomic E-state index is 13.9. The van der Waals surface area contributed by atoms with Gasteiger partial charge in [-0.1, -0.05) is 28.1 Å². The third-order valence-corrected chi connectivity index (χ3v) is 3.70. The molecular weight excluding hydrogens is 330 g/mol. The highest BCUT2D eigenvalue weighted by atomic mass is 79.9. The minimum Gasteiger partial charge on any atom is -0.497 e. The van der Waals surface area contributed by atoms with Gasteiger partial charge in [0.2, 0.25) is 0 Å². The lowest BCUT2D eigenvalue weighted by Crippen LogP contribution is -2.30. The fourth-order valence-corrected chi connectivity index (χ4v) is 2.44. The van der Waals surface area contributed by atoms with Gasteiger partial charge in [-0.2, -0.15) is 0 Å². The van der Waals surface area contributed by atoms with Crippen molar-refractivity contribution in [1.82, 2.24) is 5.43 Å². The zero-order chi connectivity index (χ0) is 14.7. The van der Waals surface area contributed by atoms with Gasteiger partial charge in [-0.05, 0) is 29.8 Å². The lowest BCUT2D eigenvalue weighted by Gasteiger charge is -2.20. The van der Waals surface area contributed by atoms with E-state index in [-0.39, 0.29) is 5.56 Å². The van der Waals surface area contributed by atoms with Crippen LogP contribution in [0, 0.1) is 11.6 Å². The summed E-state index contributed by atoms with van der Waals surface area (Å²) in [7, 11) is 1.53. The summed E-state index contributed by atoms with van der Waals surface area (Å²) in [6.45, 7) is 0. The molecule has 0 heterocycles. The standard InChI is InChI=1S/C14H13BrF2N2O/c1-20-8-5-6-11(15)10(7-8)14(19-18)9-3-2-4-12(16)13(9)17/h2-7,14,19H,18H2,1H3. The molecule has 2 rings (SSSR count). The molecule has 2 aromatic carbocycles. The van der Waals surface area contributed by atoms with E-state index in [2.05, 4.69) is 21.4 Å². The van der Waals surface area contributed by atoms with Crippen molar-refractivity contribution in [2.24, 2.45) is 5.84 Å². The number of nitrogens with one attached hydrogen (secondary N) is 1. The van der Waals surface area contributed by atoms with Gasteiger partial charge in [-0.15, -0.1) is 0 Å². The van der Waals surface area contributed by atoms with Crippen LogP contribution in [0.5, 0.6) is 5.75 Å². The zero-order valence-electron chi connectivity index (χ0n) is 10.7. The molecule has 0 spiro atoms. The molecule has 0 aliphatic rings. The van der Waals surface area contributed by atoms with E-state index >= 15 is 0 Å². The van der Waals surface area contributed by atoms with E-state index in [0.29, 0.717) is 15.8 Å². The van der Waals surface area contributed by atoms with Crippen LogP contribution in [0.1, 0.15) is 17.2 Å². The zero-order valence-corrected chi connectivity index (χ0v) is 12.2. The Balaban J connectivity index is 2.55. The molecule has 0 aliphatic heterocycles. The number of ether oxygens (including phenoxy) is 1. The molecule has 1 unspecified atom stereocenters. The molecule has 0 aromatic heterocycles. The summed E-state index contributed by atoms with van der Waals surface area (Å²) in [4.78, 5) is 0. The molecule has 1 atom stereocenters. The molecule has 3 N–H and O–H groups in total. The summed E-state index contributed by atoms with van der Waals surface area (Å²) in [5.74, 6) is 4.27. The molecule has 0 fully saturated rings. The van der Waals surface area contributed by atoms with Crippen LogP contribution in [-0.2, 0) is 0 Å². The minimum absolute atomic E-state index is 0.126. The largest absolute Gasteiger partial charge is 0.497 e. The van der Waals surface area contributed by atoms with Crippen molar-refractivity contribution in [3.63, 3.8) is 0 Å². The Morgan fingerprint density at radius 2 is 1.95 bits per heavy atom. The maximum Gasteiger partial charge on any atom is 0.163 e. The molecule has 0 saturated heterocycles. The quantitative estimate of drug-likeness (QED) is 0.662. The number of nitrogens with two attached hydrogens (primary N) is 1. The average Bonchev–Trinajstić information content (AvgIpc) is 2.46. The van der Waals surface area contributed by atoms with Crippen molar-refractivity contribution < 1.29 is 13.5 Å². The number of hydrogen-bond donors (Lipinski definition) is 2. The topological polar surface area (TPSA) is 47.3 Å². The predicted octanol–water partition coefficient (Wildman–Crippen LogP) is 3.29. The van der Waals surface area contributed by atoms with Gasteiger partial charge >= 0.3 is 0 Å². The second-order valence-electron chi connectivity index (χ2n) is 4.13. The summed E-state index contributed by atoms with van der Waals surface area (Å²) >= 11 is 3.37. The smallest absolute Gasteiger partial charge is 0.163 e. The van der Waals surface area contributed by atoms with Gasteiger partial charge in [0.1, 0.15) is 5.75 Å². The SMILES string of the molecule is COc1ccc(Br)c(C(NN)c2cccc(F)c2F)c1. The van der Waals surface area contributed by atoms with Gasteiger partial charge in [0, 0.05) is 10.0 Å². The van der Waals surface area contributed by atoms with E-state index < -0.39 is 17.7 Å².